The van der Waals surface area contributed by atoms with Gasteiger partial charge >= 0.3 is 5.63 Å². The number of fused-ring (bicyclic) bond motifs is 2. The number of halogens is 1. The van der Waals surface area contributed by atoms with Crippen molar-refractivity contribution in [1.82, 2.24) is 0 Å². The van der Waals surface area contributed by atoms with Crippen molar-refractivity contribution in [2.45, 2.75) is 0 Å². The van der Waals surface area contributed by atoms with Crippen molar-refractivity contribution in [1.29, 1.82) is 0 Å². The molecule has 0 amide bonds. The van der Waals surface area contributed by atoms with Crippen LogP contribution < -0.4 is 5.63 Å². The third kappa shape index (κ3) is 2.03. The average molecular weight is 297 g/mol. The van der Waals surface area contributed by atoms with Crippen LogP contribution in [0.1, 0.15) is 0 Å². The van der Waals surface area contributed by atoms with Gasteiger partial charge in [0.05, 0.1) is 0 Å². The molecule has 0 N–H and O–H groups in total. The molecular formula is C17H9ClO3. The van der Waals surface area contributed by atoms with Crippen LogP contribution in [-0.2, 0) is 0 Å². The van der Waals surface area contributed by atoms with Crippen molar-refractivity contribution in [3.05, 3.63) is 70.0 Å². The van der Waals surface area contributed by atoms with Gasteiger partial charge in [0, 0.05) is 27.4 Å². The molecule has 0 saturated heterocycles. The highest BCUT2D eigenvalue weighted by atomic mass is 35.5. The van der Waals surface area contributed by atoms with Crippen LogP contribution in [0.15, 0.2) is 68.2 Å². The van der Waals surface area contributed by atoms with Gasteiger partial charge in [0.15, 0.2) is 0 Å². The second kappa shape index (κ2) is 4.50. The highest BCUT2D eigenvalue weighted by Crippen LogP contribution is 2.33. The molecule has 0 aliphatic rings. The molecule has 4 heteroatoms. The van der Waals surface area contributed by atoms with Crippen molar-refractivity contribution in [2.75, 3.05) is 0 Å². The van der Waals surface area contributed by atoms with Crippen LogP contribution in [0.2, 0.25) is 5.02 Å². The summed E-state index contributed by atoms with van der Waals surface area (Å²) in [6, 6.07) is 16.2. The molecule has 0 saturated carbocycles. The summed E-state index contributed by atoms with van der Waals surface area (Å²) in [5.74, 6) is 0.622. The average Bonchev–Trinajstić information content (AvgIpc) is 2.90. The predicted molar refractivity (Wildman–Crippen MR) is 82.7 cm³/mol. The van der Waals surface area contributed by atoms with E-state index in [9.17, 15) is 4.79 Å². The largest absolute Gasteiger partial charge is 0.456 e. The Balaban J connectivity index is 2.09. The van der Waals surface area contributed by atoms with E-state index in [4.69, 9.17) is 20.4 Å². The third-order valence-electron chi connectivity index (χ3n) is 3.40. The normalized spacial score (nSPS) is 11.3. The number of benzene rings is 2. The first-order chi connectivity index (χ1) is 10.2. The third-order valence-corrected chi connectivity index (χ3v) is 3.63. The van der Waals surface area contributed by atoms with Gasteiger partial charge in [-0.2, -0.15) is 0 Å². The van der Waals surface area contributed by atoms with E-state index < -0.39 is 5.63 Å². The van der Waals surface area contributed by atoms with Crippen LogP contribution in [-0.4, -0.2) is 0 Å². The van der Waals surface area contributed by atoms with Crippen molar-refractivity contribution < 1.29 is 8.83 Å². The van der Waals surface area contributed by atoms with Crippen molar-refractivity contribution in [2.24, 2.45) is 0 Å². The van der Waals surface area contributed by atoms with Crippen LogP contribution in [0.4, 0.5) is 0 Å². The zero-order chi connectivity index (χ0) is 14.4. The fraction of sp³-hybridized carbons (Fsp3) is 0. The van der Waals surface area contributed by atoms with Crippen LogP contribution >= 0.6 is 11.6 Å². The zero-order valence-corrected chi connectivity index (χ0v) is 11.6. The molecule has 0 aliphatic heterocycles. The van der Waals surface area contributed by atoms with Crippen LogP contribution in [0, 0.1) is 0 Å². The summed E-state index contributed by atoms with van der Waals surface area (Å²) in [7, 11) is 0. The topological polar surface area (TPSA) is 43.4 Å². The molecule has 0 spiro atoms. The summed E-state index contributed by atoms with van der Waals surface area (Å²) in [5, 5.41) is 2.31. The molecule has 2 heterocycles. The van der Waals surface area contributed by atoms with Gasteiger partial charge in [-0.25, -0.2) is 4.79 Å². The Bertz CT molecular complexity index is 994. The summed E-state index contributed by atoms with van der Waals surface area (Å²) in [6.07, 6.45) is 0. The van der Waals surface area contributed by atoms with E-state index in [0.717, 1.165) is 16.4 Å². The Labute approximate surface area is 124 Å². The number of rotatable bonds is 1. The lowest BCUT2D eigenvalue weighted by molar-refractivity contribution is 0.559. The smallest absolute Gasteiger partial charge is 0.336 e. The SMILES string of the molecule is O=c1cc(-c2cc3ccccc3o2)c2cc(Cl)ccc2o1. The van der Waals surface area contributed by atoms with Gasteiger partial charge in [-0.1, -0.05) is 29.8 Å². The minimum Gasteiger partial charge on any atom is -0.456 e. The second-order valence-electron chi connectivity index (χ2n) is 4.77. The van der Waals surface area contributed by atoms with Gasteiger partial charge in [0.2, 0.25) is 0 Å². The van der Waals surface area contributed by atoms with E-state index >= 15 is 0 Å². The molecule has 0 aliphatic carbocycles. The van der Waals surface area contributed by atoms with E-state index in [0.29, 0.717) is 21.9 Å². The highest BCUT2D eigenvalue weighted by Gasteiger charge is 2.12. The standard InChI is InChI=1S/C17H9ClO3/c18-11-5-6-15-12(8-11)13(9-17(19)21-15)16-7-10-3-1-2-4-14(10)20-16/h1-9H. The zero-order valence-electron chi connectivity index (χ0n) is 10.8. The van der Waals surface area contributed by atoms with Gasteiger partial charge in [0.1, 0.15) is 16.9 Å². The molecule has 3 nitrogen and oxygen atoms in total. The minimum absolute atomic E-state index is 0.416. The van der Waals surface area contributed by atoms with Gasteiger partial charge in [-0.15, -0.1) is 0 Å². The van der Waals surface area contributed by atoms with E-state index in [1.807, 2.05) is 30.3 Å². The Kier molecular flexibility index (Phi) is 2.62. The Morgan fingerprint density at radius 1 is 0.857 bits per heavy atom. The molecule has 0 atom stereocenters. The maximum absolute atomic E-state index is 11.7. The maximum atomic E-state index is 11.7. The Hall–Kier alpha value is -2.52. The van der Waals surface area contributed by atoms with Crippen molar-refractivity contribution in [3.8, 4) is 11.3 Å². The van der Waals surface area contributed by atoms with Gasteiger partial charge in [0.25, 0.3) is 0 Å². The molecule has 102 valence electrons. The summed E-state index contributed by atoms with van der Waals surface area (Å²) >= 11 is 6.05. The first-order valence-electron chi connectivity index (χ1n) is 6.43. The van der Waals surface area contributed by atoms with Crippen LogP contribution in [0.3, 0.4) is 0 Å². The second-order valence-corrected chi connectivity index (χ2v) is 5.20. The van der Waals surface area contributed by atoms with E-state index in [1.54, 1.807) is 18.2 Å². The fourth-order valence-electron chi connectivity index (χ4n) is 2.45. The Morgan fingerprint density at radius 2 is 1.71 bits per heavy atom. The van der Waals surface area contributed by atoms with E-state index in [-0.39, 0.29) is 0 Å². The van der Waals surface area contributed by atoms with Gasteiger partial charge < -0.3 is 8.83 Å². The minimum atomic E-state index is -0.416. The molecule has 4 aromatic rings. The number of hydrogen-bond donors (Lipinski definition) is 0. The van der Waals surface area contributed by atoms with Crippen molar-refractivity contribution >= 4 is 33.5 Å². The summed E-state index contributed by atoms with van der Waals surface area (Å²) < 4.78 is 11.0. The van der Waals surface area contributed by atoms with E-state index in [2.05, 4.69) is 0 Å². The molecule has 0 fully saturated rings. The molecule has 2 aromatic carbocycles. The highest BCUT2D eigenvalue weighted by molar-refractivity contribution is 6.31. The molecule has 4 rings (SSSR count). The summed E-state index contributed by atoms with van der Waals surface area (Å²) in [4.78, 5) is 11.7. The molecular weight excluding hydrogens is 288 g/mol. The fourth-order valence-corrected chi connectivity index (χ4v) is 2.63. The lowest BCUT2D eigenvalue weighted by atomic mass is 10.1. The first-order valence-corrected chi connectivity index (χ1v) is 6.81. The van der Waals surface area contributed by atoms with E-state index in [1.165, 1.54) is 6.07 Å². The van der Waals surface area contributed by atoms with Crippen molar-refractivity contribution in [3.63, 3.8) is 0 Å². The quantitative estimate of drug-likeness (QED) is 0.471. The molecule has 0 bridgehead atoms. The number of furan rings is 1. The monoisotopic (exact) mass is 296 g/mol. The lowest BCUT2D eigenvalue weighted by Gasteiger charge is -2.02. The Morgan fingerprint density at radius 3 is 2.57 bits per heavy atom. The lowest BCUT2D eigenvalue weighted by Crippen LogP contribution is -1.97. The summed E-state index contributed by atoms with van der Waals surface area (Å²) in [6.45, 7) is 0. The van der Waals surface area contributed by atoms with Gasteiger partial charge in [-0.05, 0) is 30.3 Å². The predicted octanol–water partition coefficient (Wildman–Crippen LogP) is 4.86. The maximum Gasteiger partial charge on any atom is 0.336 e. The molecule has 21 heavy (non-hydrogen) atoms. The van der Waals surface area contributed by atoms with Gasteiger partial charge in [-0.3, -0.25) is 0 Å². The number of para-hydroxylation sites is 1. The van der Waals surface area contributed by atoms with Crippen LogP contribution in [0.25, 0.3) is 33.3 Å². The number of hydrogen-bond acceptors (Lipinski definition) is 3. The van der Waals surface area contributed by atoms with Crippen LogP contribution in [0.5, 0.6) is 0 Å². The molecule has 0 radical (unpaired) electrons. The molecule has 0 unspecified atom stereocenters. The summed E-state index contributed by atoms with van der Waals surface area (Å²) in [5.41, 5.74) is 1.53. The molecule has 2 aromatic heterocycles. The first kappa shape index (κ1) is 12.2.